The number of rotatable bonds is 3. The summed E-state index contributed by atoms with van der Waals surface area (Å²) in [6.45, 7) is 6.24. The van der Waals surface area contributed by atoms with Crippen molar-refractivity contribution < 1.29 is 0 Å². The Morgan fingerprint density at radius 2 is 2.05 bits per heavy atom. The number of nitrogens with zero attached hydrogens (tertiary/aromatic N) is 2. The number of fused-ring (bicyclic) bond motifs is 1. The summed E-state index contributed by atoms with van der Waals surface area (Å²) in [5.41, 5.74) is 1.29. The smallest absolute Gasteiger partial charge is 0.263 e. The summed E-state index contributed by atoms with van der Waals surface area (Å²) in [4.78, 5) is 19.9. The van der Waals surface area contributed by atoms with Crippen molar-refractivity contribution in [3.63, 3.8) is 0 Å². The molecule has 1 aliphatic carbocycles. The van der Waals surface area contributed by atoms with Gasteiger partial charge in [-0.05, 0) is 38.0 Å². The van der Waals surface area contributed by atoms with Crippen LogP contribution in [0.3, 0.4) is 0 Å². The highest BCUT2D eigenvalue weighted by molar-refractivity contribution is 7.99. The van der Waals surface area contributed by atoms with E-state index in [0.29, 0.717) is 6.04 Å². The van der Waals surface area contributed by atoms with Gasteiger partial charge in [0.25, 0.3) is 5.56 Å². The van der Waals surface area contributed by atoms with Gasteiger partial charge in [0.2, 0.25) is 0 Å². The van der Waals surface area contributed by atoms with Crippen LogP contribution in [0.5, 0.6) is 0 Å². The molecule has 5 heteroatoms. The number of aromatic nitrogens is 2. The number of hydrogen-bond donors (Lipinski definition) is 0. The lowest BCUT2D eigenvalue weighted by atomic mass is 10.2. The van der Waals surface area contributed by atoms with Gasteiger partial charge in [0.05, 0.1) is 5.39 Å². The molecule has 0 N–H and O–H groups in total. The molecule has 3 rings (SSSR count). The molecule has 0 bridgehead atoms. The molecule has 2 aromatic rings. The highest BCUT2D eigenvalue weighted by atomic mass is 32.2. The Morgan fingerprint density at radius 3 is 2.70 bits per heavy atom. The van der Waals surface area contributed by atoms with Crippen LogP contribution in [0.25, 0.3) is 10.2 Å². The molecule has 2 heterocycles. The molecular weight excluding hydrogens is 288 g/mol. The van der Waals surface area contributed by atoms with E-state index >= 15 is 0 Å². The van der Waals surface area contributed by atoms with Crippen molar-refractivity contribution in [3.05, 3.63) is 20.8 Å². The average molecular weight is 308 g/mol. The van der Waals surface area contributed by atoms with Crippen LogP contribution in [0.1, 0.15) is 49.1 Å². The van der Waals surface area contributed by atoms with E-state index in [4.69, 9.17) is 4.98 Å². The Bertz CT molecular complexity index is 696. The summed E-state index contributed by atoms with van der Waals surface area (Å²) in [6, 6.07) is 0.355. The average Bonchev–Trinajstić information content (AvgIpc) is 3.00. The lowest BCUT2D eigenvalue weighted by Crippen LogP contribution is -2.26. The van der Waals surface area contributed by atoms with Crippen molar-refractivity contribution in [2.45, 2.75) is 57.7 Å². The van der Waals surface area contributed by atoms with Crippen LogP contribution in [0, 0.1) is 13.8 Å². The Balaban J connectivity index is 2.28. The molecular formula is C15H20N2OS2. The first-order chi connectivity index (χ1) is 9.63. The third-order valence-electron chi connectivity index (χ3n) is 4.17. The minimum absolute atomic E-state index is 0.180. The molecule has 2 aromatic heterocycles. The van der Waals surface area contributed by atoms with E-state index in [-0.39, 0.29) is 5.56 Å². The molecule has 1 saturated carbocycles. The number of thiophene rings is 1. The topological polar surface area (TPSA) is 34.9 Å². The third-order valence-corrected chi connectivity index (χ3v) is 6.10. The Hall–Kier alpha value is -0.810. The molecule has 0 atom stereocenters. The first-order valence-corrected chi connectivity index (χ1v) is 9.08. The maximum atomic E-state index is 13.0. The summed E-state index contributed by atoms with van der Waals surface area (Å²) in [5, 5.41) is 1.76. The second-order valence-electron chi connectivity index (χ2n) is 5.40. The molecule has 20 heavy (non-hydrogen) atoms. The fourth-order valence-corrected chi connectivity index (χ4v) is 4.87. The van der Waals surface area contributed by atoms with Gasteiger partial charge in [0.15, 0.2) is 5.16 Å². The number of thioether (sulfide) groups is 1. The second-order valence-corrected chi connectivity index (χ2v) is 7.84. The van der Waals surface area contributed by atoms with Gasteiger partial charge < -0.3 is 0 Å². The summed E-state index contributed by atoms with van der Waals surface area (Å²) in [6.07, 6.45) is 4.69. The highest BCUT2D eigenvalue weighted by Crippen LogP contribution is 2.34. The van der Waals surface area contributed by atoms with Crippen LogP contribution < -0.4 is 5.56 Å². The zero-order valence-electron chi connectivity index (χ0n) is 12.2. The maximum absolute atomic E-state index is 13.0. The van der Waals surface area contributed by atoms with Gasteiger partial charge in [0, 0.05) is 10.9 Å². The van der Waals surface area contributed by atoms with Crippen LogP contribution in [0.15, 0.2) is 9.95 Å². The van der Waals surface area contributed by atoms with Crippen LogP contribution in [-0.4, -0.2) is 15.3 Å². The number of aryl methyl sites for hydroxylation is 2. The predicted octanol–water partition coefficient (Wildman–Crippen LogP) is 4.30. The minimum atomic E-state index is 0.180. The molecule has 0 unspecified atom stereocenters. The van der Waals surface area contributed by atoms with Crippen molar-refractivity contribution in [2.24, 2.45) is 0 Å². The zero-order chi connectivity index (χ0) is 14.3. The standard InChI is InChI=1S/C15H20N2OS2/c1-4-19-15-16-13-12(9(2)10(3)20-13)14(18)17(15)11-7-5-6-8-11/h11H,4-8H2,1-3H3. The van der Waals surface area contributed by atoms with E-state index in [2.05, 4.69) is 13.8 Å². The van der Waals surface area contributed by atoms with Gasteiger partial charge in [-0.25, -0.2) is 4.98 Å². The second kappa shape index (κ2) is 5.53. The number of hydrogen-bond acceptors (Lipinski definition) is 4. The lowest BCUT2D eigenvalue weighted by Gasteiger charge is -2.17. The molecule has 0 spiro atoms. The summed E-state index contributed by atoms with van der Waals surface area (Å²) in [5.74, 6) is 0.952. The van der Waals surface area contributed by atoms with E-state index in [1.165, 1.54) is 17.7 Å². The molecule has 108 valence electrons. The van der Waals surface area contributed by atoms with E-state index < -0.39 is 0 Å². The maximum Gasteiger partial charge on any atom is 0.263 e. The molecule has 0 aromatic carbocycles. The van der Waals surface area contributed by atoms with Gasteiger partial charge in [0.1, 0.15) is 4.83 Å². The molecule has 1 aliphatic rings. The summed E-state index contributed by atoms with van der Waals surface area (Å²) in [7, 11) is 0. The van der Waals surface area contributed by atoms with Gasteiger partial charge in [-0.2, -0.15) is 0 Å². The lowest BCUT2D eigenvalue weighted by molar-refractivity contribution is 0.458. The monoisotopic (exact) mass is 308 g/mol. The van der Waals surface area contributed by atoms with Crippen molar-refractivity contribution >= 4 is 33.3 Å². The normalized spacial score (nSPS) is 16.4. The summed E-state index contributed by atoms with van der Waals surface area (Å²) < 4.78 is 1.99. The zero-order valence-corrected chi connectivity index (χ0v) is 13.9. The fraction of sp³-hybridized carbons (Fsp3) is 0.600. The van der Waals surface area contributed by atoms with E-state index in [0.717, 1.165) is 39.5 Å². The van der Waals surface area contributed by atoms with Crippen LogP contribution in [0.2, 0.25) is 0 Å². The highest BCUT2D eigenvalue weighted by Gasteiger charge is 2.24. The molecule has 1 fully saturated rings. The summed E-state index contributed by atoms with van der Waals surface area (Å²) >= 11 is 3.34. The quantitative estimate of drug-likeness (QED) is 0.626. The first-order valence-electron chi connectivity index (χ1n) is 7.28. The fourth-order valence-electron chi connectivity index (χ4n) is 3.00. The first kappa shape index (κ1) is 14.1. The van der Waals surface area contributed by atoms with Gasteiger partial charge in [-0.15, -0.1) is 11.3 Å². The Kier molecular flexibility index (Phi) is 3.91. The van der Waals surface area contributed by atoms with Gasteiger partial charge in [-0.3, -0.25) is 9.36 Å². The third kappa shape index (κ3) is 2.21. The molecule has 0 radical (unpaired) electrons. The van der Waals surface area contributed by atoms with Crippen molar-refractivity contribution in [3.8, 4) is 0 Å². The Morgan fingerprint density at radius 1 is 1.35 bits per heavy atom. The minimum Gasteiger partial charge on any atom is -0.284 e. The van der Waals surface area contributed by atoms with E-state index in [1.807, 2.05) is 11.5 Å². The van der Waals surface area contributed by atoms with Crippen molar-refractivity contribution in [1.82, 2.24) is 9.55 Å². The van der Waals surface area contributed by atoms with E-state index in [1.54, 1.807) is 23.1 Å². The molecule has 0 saturated heterocycles. The molecule has 0 amide bonds. The predicted molar refractivity (Wildman–Crippen MR) is 87.3 cm³/mol. The van der Waals surface area contributed by atoms with Crippen LogP contribution in [0.4, 0.5) is 0 Å². The van der Waals surface area contributed by atoms with Crippen molar-refractivity contribution in [2.75, 3.05) is 5.75 Å². The van der Waals surface area contributed by atoms with Gasteiger partial charge in [-0.1, -0.05) is 31.5 Å². The molecule has 3 nitrogen and oxygen atoms in total. The largest absolute Gasteiger partial charge is 0.284 e. The molecule has 0 aliphatic heterocycles. The van der Waals surface area contributed by atoms with Crippen LogP contribution in [-0.2, 0) is 0 Å². The Labute approximate surface area is 127 Å². The van der Waals surface area contributed by atoms with Crippen LogP contribution >= 0.6 is 23.1 Å². The van der Waals surface area contributed by atoms with Gasteiger partial charge >= 0.3 is 0 Å². The SMILES string of the molecule is CCSc1nc2sc(C)c(C)c2c(=O)n1C1CCCC1. The van der Waals surface area contributed by atoms with E-state index in [9.17, 15) is 4.79 Å². The van der Waals surface area contributed by atoms with Crippen molar-refractivity contribution in [1.29, 1.82) is 0 Å².